The van der Waals surface area contributed by atoms with Crippen molar-refractivity contribution < 1.29 is 9.59 Å². The second-order valence-electron chi connectivity index (χ2n) is 6.09. The molecule has 1 aromatic carbocycles. The molecule has 2 aliphatic rings. The van der Waals surface area contributed by atoms with Crippen LogP contribution in [-0.2, 0) is 11.2 Å². The van der Waals surface area contributed by atoms with E-state index in [2.05, 4.69) is 21.3 Å². The van der Waals surface area contributed by atoms with Crippen LogP contribution in [0.4, 0.5) is 11.4 Å². The predicted octanol–water partition coefficient (Wildman–Crippen LogP) is 1.54. The van der Waals surface area contributed by atoms with Crippen molar-refractivity contribution in [2.75, 3.05) is 36.4 Å². The Morgan fingerprint density at radius 3 is 2.71 bits per heavy atom. The number of nitrogens with one attached hydrogen (secondary N) is 1. The number of amides is 2. The average molecular weight is 322 g/mol. The first-order valence-electron chi connectivity index (χ1n) is 8.08. The summed E-state index contributed by atoms with van der Waals surface area (Å²) in [6.07, 6.45) is 3.73. The first kappa shape index (κ1) is 14.7. The molecule has 6 heteroatoms. The molecule has 0 bridgehead atoms. The van der Waals surface area contributed by atoms with E-state index in [-0.39, 0.29) is 11.8 Å². The number of fused-ring (bicyclic) bond motifs is 1. The molecule has 24 heavy (non-hydrogen) atoms. The number of hydrogen-bond acceptors (Lipinski definition) is 4. The van der Waals surface area contributed by atoms with Gasteiger partial charge in [0.15, 0.2) is 0 Å². The van der Waals surface area contributed by atoms with Gasteiger partial charge in [0.05, 0.1) is 12.0 Å². The minimum Gasteiger partial charge on any atom is -0.368 e. The van der Waals surface area contributed by atoms with Gasteiger partial charge in [-0.05, 0) is 35.9 Å². The van der Waals surface area contributed by atoms with Gasteiger partial charge in [-0.25, -0.2) is 0 Å². The largest absolute Gasteiger partial charge is 0.368 e. The molecule has 0 radical (unpaired) electrons. The van der Waals surface area contributed by atoms with E-state index in [4.69, 9.17) is 0 Å². The van der Waals surface area contributed by atoms with Gasteiger partial charge in [0, 0.05) is 49.9 Å². The zero-order valence-corrected chi connectivity index (χ0v) is 13.2. The highest BCUT2D eigenvalue weighted by Gasteiger charge is 2.24. The Labute approximate surface area is 140 Å². The normalized spacial score (nSPS) is 16.8. The standard InChI is InChI=1S/C18H18N4O2/c23-17-11-14-10-15(3-4-16(14)20-17)21-6-8-22(9-7-21)18(24)13-2-1-5-19-12-13/h1-5,10,12H,6-9,11H2,(H,20,23). The molecule has 0 saturated carbocycles. The zero-order valence-electron chi connectivity index (χ0n) is 13.2. The number of piperazine rings is 1. The highest BCUT2D eigenvalue weighted by molar-refractivity contribution is 5.99. The molecule has 1 N–H and O–H groups in total. The van der Waals surface area contributed by atoms with E-state index < -0.39 is 0 Å². The van der Waals surface area contributed by atoms with Gasteiger partial charge in [-0.1, -0.05) is 0 Å². The van der Waals surface area contributed by atoms with Crippen LogP contribution in [0.3, 0.4) is 0 Å². The lowest BCUT2D eigenvalue weighted by molar-refractivity contribution is -0.115. The smallest absolute Gasteiger partial charge is 0.255 e. The van der Waals surface area contributed by atoms with E-state index in [0.717, 1.165) is 30.0 Å². The summed E-state index contributed by atoms with van der Waals surface area (Å²) >= 11 is 0. The monoisotopic (exact) mass is 322 g/mol. The van der Waals surface area contributed by atoms with Crippen molar-refractivity contribution in [2.45, 2.75) is 6.42 Å². The van der Waals surface area contributed by atoms with Crippen LogP contribution in [0.2, 0.25) is 0 Å². The van der Waals surface area contributed by atoms with Crippen LogP contribution >= 0.6 is 0 Å². The van der Waals surface area contributed by atoms with E-state index in [1.54, 1.807) is 24.5 Å². The van der Waals surface area contributed by atoms with Crippen LogP contribution in [-0.4, -0.2) is 47.9 Å². The molecular formula is C18H18N4O2. The van der Waals surface area contributed by atoms with Gasteiger partial charge in [-0.3, -0.25) is 14.6 Å². The van der Waals surface area contributed by atoms with E-state index >= 15 is 0 Å². The molecule has 122 valence electrons. The zero-order chi connectivity index (χ0) is 16.5. The van der Waals surface area contributed by atoms with Crippen molar-refractivity contribution in [3.63, 3.8) is 0 Å². The first-order chi connectivity index (χ1) is 11.7. The number of carbonyl (C=O) groups excluding carboxylic acids is 2. The molecule has 0 atom stereocenters. The number of carbonyl (C=O) groups is 2. The maximum absolute atomic E-state index is 12.5. The lowest BCUT2D eigenvalue weighted by Crippen LogP contribution is -2.48. The number of pyridine rings is 1. The highest BCUT2D eigenvalue weighted by Crippen LogP contribution is 2.28. The fourth-order valence-electron chi connectivity index (χ4n) is 3.25. The van der Waals surface area contributed by atoms with E-state index in [0.29, 0.717) is 25.1 Å². The molecule has 6 nitrogen and oxygen atoms in total. The number of nitrogens with zero attached hydrogens (tertiary/aromatic N) is 3. The lowest BCUT2D eigenvalue weighted by Gasteiger charge is -2.36. The van der Waals surface area contributed by atoms with Crippen molar-refractivity contribution >= 4 is 23.2 Å². The van der Waals surface area contributed by atoms with Crippen LogP contribution < -0.4 is 10.2 Å². The van der Waals surface area contributed by atoms with E-state index in [1.807, 2.05) is 17.0 Å². The fraction of sp³-hybridized carbons (Fsp3) is 0.278. The van der Waals surface area contributed by atoms with Crippen LogP contribution in [0.1, 0.15) is 15.9 Å². The summed E-state index contributed by atoms with van der Waals surface area (Å²) in [6.45, 7) is 2.93. The number of aromatic nitrogens is 1. The molecule has 0 spiro atoms. The van der Waals surface area contributed by atoms with Gasteiger partial charge >= 0.3 is 0 Å². The molecule has 0 unspecified atom stereocenters. The van der Waals surface area contributed by atoms with Crippen LogP contribution in [0, 0.1) is 0 Å². The van der Waals surface area contributed by atoms with Gasteiger partial charge in [-0.15, -0.1) is 0 Å². The Morgan fingerprint density at radius 2 is 1.96 bits per heavy atom. The number of benzene rings is 1. The van der Waals surface area contributed by atoms with Gasteiger partial charge < -0.3 is 15.1 Å². The Balaban J connectivity index is 1.42. The van der Waals surface area contributed by atoms with Crippen molar-refractivity contribution in [3.8, 4) is 0 Å². The SMILES string of the molecule is O=C1Cc2cc(N3CCN(C(=O)c4cccnc4)CC3)ccc2N1. The molecule has 1 saturated heterocycles. The molecular weight excluding hydrogens is 304 g/mol. The lowest BCUT2D eigenvalue weighted by atomic mass is 10.1. The molecule has 1 aromatic heterocycles. The summed E-state index contributed by atoms with van der Waals surface area (Å²) in [5.74, 6) is 0.0838. The molecule has 2 amide bonds. The summed E-state index contributed by atoms with van der Waals surface area (Å²) in [7, 11) is 0. The molecule has 3 heterocycles. The second kappa shape index (κ2) is 5.96. The second-order valence-corrected chi connectivity index (χ2v) is 6.09. The minimum atomic E-state index is 0.0338. The summed E-state index contributed by atoms with van der Waals surface area (Å²) in [4.78, 5) is 32.1. The van der Waals surface area contributed by atoms with Crippen molar-refractivity contribution in [3.05, 3.63) is 53.9 Å². The van der Waals surface area contributed by atoms with Gasteiger partial charge in [0.2, 0.25) is 5.91 Å². The maximum atomic E-state index is 12.5. The Kier molecular flexibility index (Phi) is 3.65. The molecule has 0 aliphatic carbocycles. The van der Waals surface area contributed by atoms with Crippen molar-refractivity contribution in [1.29, 1.82) is 0 Å². The maximum Gasteiger partial charge on any atom is 0.255 e. The Bertz CT molecular complexity index is 783. The summed E-state index contributed by atoms with van der Waals surface area (Å²) in [5, 5.41) is 2.85. The third-order valence-electron chi connectivity index (χ3n) is 4.55. The molecule has 4 rings (SSSR count). The van der Waals surface area contributed by atoms with Gasteiger partial charge in [-0.2, -0.15) is 0 Å². The number of anilines is 2. The molecule has 1 fully saturated rings. The van der Waals surface area contributed by atoms with Crippen LogP contribution in [0.5, 0.6) is 0 Å². The number of rotatable bonds is 2. The Morgan fingerprint density at radius 1 is 1.12 bits per heavy atom. The average Bonchev–Trinajstić information content (AvgIpc) is 3.01. The van der Waals surface area contributed by atoms with Gasteiger partial charge in [0.25, 0.3) is 5.91 Å². The highest BCUT2D eigenvalue weighted by atomic mass is 16.2. The topological polar surface area (TPSA) is 65.5 Å². The predicted molar refractivity (Wildman–Crippen MR) is 91.1 cm³/mol. The summed E-state index contributed by atoms with van der Waals surface area (Å²) < 4.78 is 0. The summed E-state index contributed by atoms with van der Waals surface area (Å²) in [5.41, 5.74) is 3.70. The van der Waals surface area contributed by atoms with Crippen LogP contribution in [0.25, 0.3) is 0 Å². The van der Waals surface area contributed by atoms with Crippen molar-refractivity contribution in [1.82, 2.24) is 9.88 Å². The third kappa shape index (κ3) is 2.71. The Hall–Kier alpha value is -2.89. The van der Waals surface area contributed by atoms with E-state index in [1.165, 1.54) is 0 Å². The van der Waals surface area contributed by atoms with Gasteiger partial charge in [0.1, 0.15) is 0 Å². The molecule has 2 aliphatic heterocycles. The quantitative estimate of drug-likeness (QED) is 0.911. The van der Waals surface area contributed by atoms with Crippen molar-refractivity contribution in [2.24, 2.45) is 0 Å². The van der Waals surface area contributed by atoms with Crippen LogP contribution in [0.15, 0.2) is 42.7 Å². The third-order valence-corrected chi connectivity index (χ3v) is 4.55. The first-order valence-corrected chi connectivity index (χ1v) is 8.08. The molecule has 2 aromatic rings. The minimum absolute atomic E-state index is 0.0338. The fourth-order valence-corrected chi connectivity index (χ4v) is 3.25. The number of hydrogen-bond donors (Lipinski definition) is 1. The van der Waals surface area contributed by atoms with E-state index in [9.17, 15) is 9.59 Å². The summed E-state index contributed by atoms with van der Waals surface area (Å²) in [6, 6.07) is 9.65.